The summed E-state index contributed by atoms with van der Waals surface area (Å²) in [6.07, 6.45) is -0.666. The van der Waals surface area contributed by atoms with E-state index in [4.69, 9.17) is 9.84 Å². The minimum atomic E-state index is -4.05. The highest BCUT2D eigenvalue weighted by molar-refractivity contribution is 7.89. The lowest BCUT2D eigenvalue weighted by Crippen LogP contribution is -2.44. The van der Waals surface area contributed by atoms with Crippen molar-refractivity contribution >= 4 is 27.6 Å². The minimum Gasteiger partial charge on any atom is -0.480 e. The SMILES string of the molecule is CC1Oc2ccc(S(=O)(=O)NC(C(=O)O)C(C)C)cc2NC1=O. The molecule has 0 aliphatic carbocycles. The van der Waals surface area contributed by atoms with Gasteiger partial charge in [0, 0.05) is 0 Å². The number of sulfonamides is 1. The maximum absolute atomic E-state index is 12.4. The van der Waals surface area contributed by atoms with E-state index in [0.717, 1.165) is 0 Å². The Kier molecular flexibility index (Phi) is 4.62. The zero-order valence-electron chi connectivity index (χ0n) is 12.9. The third-order valence-electron chi connectivity index (χ3n) is 3.41. The Bertz CT molecular complexity index is 744. The zero-order valence-corrected chi connectivity index (χ0v) is 13.7. The van der Waals surface area contributed by atoms with Crippen LogP contribution in [0.1, 0.15) is 20.8 Å². The number of rotatable bonds is 5. The number of amides is 1. The number of hydrogen-bond acceptors (Lipinski definition) is 5. The lowest BCUT2D eigenvalue weighted by Gasteiger charge is -2.24. The van der Waals surface area contributed by atoms with Crippen molar-refractivity contribution in [3.63, 3.8) is 0 Å². The van der Waals surface area contributed by atoms with Crippen LogP contribution < -0.4 is 14.8 Å². The average molecular weight is 342 g/mol. The van der Waals surface area contributed by atoms with Crippen molar-refractivity contribution in [2.75, 3.05) is 5.32 Å². The molecule has 0 aromatic heterocycles. The molecular weight excluding hydrogens is 324 g/mol. The van der Waals surface area contributed by atoms with Gasteiger partial charge in [-0.15, -0.1) is 0 Å². The van der Waals surface area contributed by atoms with Crippen LogP contribution in [-0.4, -0.2) is 37.5 Å². The van der Waals surface area contributed by atoms with Gasteiger partial charge in [0.15, 0.2) is 6.10 Å². The summed E-state index contributed by atoms with van der Waals surface area (Å²) in [7, 11) is -4.05. The first-order valence-electron chi connectivity index (χ1n) is 6.98. The molecule has 0 saturated carbocycles. The van der Waals surface area contributed by atoms with Crippen molar-refractivity contribution in [3.05, 3.63) is 18.2 Å². The van der Waals surface area contributed by atoms with Crippen LogP contribution in [0.15, 0.2) is 23.1 Å². The Hall–Kier alpha value is -2.13. The highest BCUT2D eigenvalue weighted by Crippen LogP contribution is 2.31. The van der Waals surface area contributed by atoms with Crippen LogP contribution in [0.4, 0.5) is 5.69 Å². The zero-order chi connectivity index (χ0) is 17.4. The average Bonchev–Trinajstić information content (AvgIpc) is 2.45. The number of carbonyl (C=O) groups excluding carboxylic acids is 1. The van der Waals surface area contributed by atoms with E-state index < -0.39 is 34.1 Å². The first-order valence-corrected chi connectivity index (χ1v) is 8.47. The monoisotopic (exact) mass is 342 g/mol. The van der Waals surface area contributed by atoms with Gasteiger partial charge in [0.1, 0.15) is 11.8 Å². The van der Waals surface area contributed by atoms with Crippen molar-refractivity contribution in [1.29, 1.82) is 0 Å². The fraction of sp³-hybridized carbons (Fsp3) is 0.429. The number of carboxylic acid groups (broad SMARTS) is 1. The highest BCUT2D eigenvalue weighted by Gasteiger charge is 2.30. The second-order valence-corrected chi connectivity index (χ2v) is 7.30. The van der Waals surface area contributed by atoms with Gasteiger partial charge in [-0.2, -0.15) is 4.72 Å². The van der Waals surface area contributed by atoms with Gasteiger partial charge in [-0.3, -0.25) is 9.59 Å². The lowest BCUT2D eigenvalue weighted by molar-refractivity contribution is -0.140. The Morgan fingerprint density at radius 3 is 2.61 bits per heavy atom. The summed E-state index contributed by atoms with van der Waals surface area (Å²) < 4.78 is 32.2. The Balaban J connectivity index is 2.33. The largest absolute Gasteiger partial charge is 0.480 e. The van der Waals surface area contributed by atoms with Crippen molar-refractivity contribution < 1.29 is 27.9 Å². The maximum atomic E-state index is 12.4. The number of anilines is 1. The van der Waals surface area contributed by atoms with Gasteiger partial charge < -0.3 is 15.2 Å². The molecule has 1 aliphatic rings. The number of carboxylic acids is 1. The minimum absolute atomic E-state index is 0.151. The summed E-state index contributed by atoms with van der Waals surface area (Å²) in [5.41, 5.74) is 0.229. The van der Waals surface area contributed by atoms with E-state index in [9.17, 15) is 18.0 Å². The molecule has 0 radical (unpaired) electrons. The van der Waals surface area contributed by atoms with E-state index in [2.05, 4.69) is 10.0 Å². The highest BCUT2D eigenvalue weighted by atomic mass is 32.2. The molecule has 1 amide bonds. The number of carbonyl (C=O) groups is 2. The third kappa shape index (κ3) is 3.62. The molecule has 0 saturated heterocycles. The molecule has 1 aromatic rings. The molecule has 1 heterocycles. The number of fused-ring (bicyclic) bond motifs is 1. The van der Waals surface area contributed by atoms with Gasteiger partial charge in [-0.1, -0.05) is 13.8 Å². The summed E-state index contributed by atoms with van der Waals surface area (Å²) in [6.45, 7) is 4.78. The molecule has 8 nitrogen and oxygen atoms in total. The molecule has 23 heavy (non-hydrogen) atoms. The van der Waals surface area contributed by atoms with Gasteiger partial charge >= 0.3 is 5.97 Å². The molecule has 0 fully saturated rings. The maximum Gasteiger partial charge on any atom is 0.322 e. The van der Waals surface area contributed by atoms with Gasteiger partial charge in [-0.25, -0.2) is 8.42 Å². The molecule has 0 spiro atoms. The van der Waals surface area contributed by atoms with Crippen LogP contribution in [0.5, 0.6) is 5.75 Å². The van der Waals surface area contributed by atoms with Crippen molar-refractivity contribution in [2.45, 2.75) is 37.8 Å². The number of hydrogen-bond donors (Lipinski definition) is 3. The van der Waals surface area contributed by atoms with Crippen LogP contribution in [-0.2, 0) is 19.6 Å². The van der Waals surface area contributed by atoms with Crippen LogP contribution in [0.25, 0.3) is 0 Å². The summed E-state index contributed by atoms with van der Waals surface area (Å²) in [5, 5.41) is 11.7. The summed E-state index contributed by atoms with van der Waals surface area (Å²) in [6, 6.07) is 2.71. The fourth-order valence-electron chi connectivity index (χ4n) is 2.06. The van der Waals surface area contributed by atoms with Crippen molar-refractivity contribution in [1.82, 2.24) is 4.72 Å². The number of ether oxygens (including phenoxy) is 1. The Morgan fingerprint density at radius 2 is 2.04 bits per heavy atom. The predicted octanol–water partition coefficient (Wildman–Crippen LogP) is 0.793. The van der Waals surface area contributed by atoms with E-state index in [1.54, 1.807) is 20.8 Å². The topological polar surface area (TPSA) is 122 Å². The molecular formula is C14H18N2O6S. The first-order chi connectivity index (χ1) is 10.6. The van der Waals surface area contributed by atoms with Crippen LogP contribution in [0.2, 0.25) is 0 Å². The van der Waals surface area contributed by atoms with E-state index >= 15 is 0 Å². The normalized spacial score (nSPS) is 18.8. The van der Waals surface area contributed by atoms with Crippen LogP contribution >= 0.6 is 0 Å². The molecule has 1 aromatic carbocycles. The summed E-state index contributed by atoms with van der Waals surface area (Å²) in [5.74, 6) is -1.71. The smallest absolute Gasteiger partial charge is 0.322 e. The second-order valence-electron chi connectivity index (χ2n) is 5.59. The van der Waals surface area contributed by atoms with Gasteiger partial charge in [0.25, 0.3) is 5.91 Å². The van der Waals surface area contributed by atoms with E-state index in [1.165, 1.54) is 18.2 Å². The third-order valence-corrected chi connectivity index (χ3v) is 4.85. The van der Waals surface area contributed by atoms with Crippen LogP contribution in [0, 0.1) is 5.92 Å². The quantitative estimate of drug-likeness (QED) is 0.727. The molecule has 126 valence electrons. The van der Waals surface area contributed by atoms with Crippen LogP contribution in [0.3, 0.4) is 0 Å². The Morgan fingerprint density at radius 1 is 1.39 bits per heavy atom. The predicted molar refractivity (Wildman–Crippen MR) is 81.7 cm³/mol. The Labute approximate surface area is 133 Å². The van der Waals surface area contributed by atoms with Crippen molar-refractivity contribution in [3.8, 4) is 5.75 Å². The first kappa shape index (κ1) is 17.2. The number of benzene rings is 1. The second kappa shape index (κ2) is 6.17. The standard InChI is InChI=1S/C14H18N2O6S/c1-7(2)12(14(18)19)16-23(20,21)9-4-5-11-10(6-9)15-13(17)8(3)22-11/h4-8,12,16H,1-3H3,(H,15,17)(H,18,19). The van der Waals surface area contributed by atoms with Gasteiger partial charge in [0.2, 0.25) is 10.0 Å². The van der Waals surface area contributed by atoms with E-state index in [-0.39, 0.29) is 16.5 Å². The molecule has 9 heteroatoms. The molecule has 1 aliphatic heterocycles. The van der Waals surface area contributed by atoms with Crippen molar-refractivity contribution in [2.24, 2.45) is 5.92 Å². The number of aliphatic carboxylic acids is 1. The fourth-order valence-corrected chi connectivity index (χ4v) is 3.43. The van der Waals surface area contributed by atoms with Gasteiger partial charge in [0.05, 0.1) is 10.6 Å². The molecule has 2 rings (SSSR count). The lowest BCUT2D eigenvalue weighted by atomic mass is 10.1. The van der Waals surface area contributed by atoms with E-state index in [1.807, 2.05) is 0 Å². The molecule has 2 atom stereocenters. The number of nitrogens with one attached hydrogen (secondary N) is 2. The molecule has 0 bridgehead atoms. The van der Waals surface area contributed by atoms with E-state index in [0.29, 0.717) is 5.75 Å². The summed E-state index contributed by atoms with van der Waals surface area (Å²) >= 11 is 0. The molecule has 2 unspecified atom stereocenters. The van der Waals surface area contributed by atoms with Gasteiger partial charge in [-0.05, 0) is 31.0 Å². The molecule has 3 N–H and O–H groups in total. The summed E-state index contributed by atoms with van der Waals surface area (Å²) in [4.78, 5) is 22.6.